The molecular weight excluding hydrogens is 386 g/mol. The number of carbonyl (C=O) groups excluding carboxylic acids is 2. The van der Waals surface area contributed by atoms with Crippen LogP contribution in [0.3, 0.4) is 0 Å². The van der Waals surface area contributed by atoms with Gasteiger partial charge in [-0.25, -0.2) is 9.78 Å². The van der Waals surface area contributed by atoms with Crippen LogP contribution < -0.4 is 10.6 Å². The van der Waals surface area contributed by atoms with Gasteiger partial charge in [-0.05, 0) is 18.6 Å². The molecule has 0 aliphatic heterocycles. The maximum Gasteiger partial charge on any atom is 0.358 e. The average Bonchev–Trinajstić information content (AvgIpc) is 3.22. The van der Waals surface area contributed by atoms with Crippen LogP contribution in [0.5, 0.6) is 0 Å². The monoisotopic (exact) mass is 407 g/mol. The van der Waals surface area contributed by atoms with Crippen LogP contribution in [-0.4, -0.2) is 29.5 Å². The quantitative estimate of drug-likeness (QED) is 0.422. The van der Waals surface area contributed by atoms with Crippen molar-refractivity contribution < 1.29 is 14.3 Å². The van der Waals surface area contributed by atoms with Gasteiger partial charge < -0.3 is 15.4 Å². The number of nitrogens with zero attached hydrogens (tertiary/aromatic N) is 1. The summed E-state index contributed by atoms with van der Waals surface area (Å²) < 4.78 is 5.28. The Balaban J connectivity index is 1.65. The fraction of sp³-hybridized carbons (Fsp3) is 0.136. The molecule has 2 aromatic carbocycles. The second-order valence-electron chi connectivity index (χ2n) is 6.16. The van der Waals surface area contributed by atoms with Gasteiger partial charge in [0.05, 0.1) is 0 Å². The third kappa shape index (κ3) is 5.30. The molecular formula is C22H21N3O3S. The predicted molar refractivity (Wildman–Crippen MR) is 116 cm³/mol. The predicted octanol–water partition coefficient (Wildman–Crippen LogP) is 4.59. The lowest BCUT2D eigenvalue weighted by atomic mass is 10.0. The smallest absolute Gasteiger partial charge is 0.358 e. The molecule has 1 amide bonds. The second kappa shape index (κ2) is 9.66. The Hall–Kier alpha value is -3.45. The molecule has 1 aromatic heterocycles. The van der Waals surface area contributed by atoms with Crippen molar-refractivity contribution in [1.82, 2.24) is 4.98 Å². The van der Waals surface area contributed by atoms with E-state index < -0.39 is 18.0 Å². The first-order chi connectivity index (χ1) is 14.1. The van der Waals surface area contributed by atoms with E-state index in [1.807, 2.05) is 54.6 Å². The normalized spacial score (nSPS) is 11.3. The van der Waals surface area contributed by atoms with Crippen LogP contribution in [-0.2, 0) is 9.53 Å². The fourth-order valence-corrected chi connectivity index (χ4v) is 3.27. The number of ether oxygens (including phenoxy) is 1. The number of anilines is 2. The summed E-state index contributed by atoms with van der Waals surface area (Å²) >= 11 is 1.28. The highest BCUT2D eigenvalue weighted by Crippen LogP contribution is 2.27. The van der Waals surface area contributed by atoms with Crippen molar-refractivity contribution >= 4 is 34.0 Å². The van der Waals surface area contributed by atoms with Gasteiger partial charge in [0.25, 0.3) is 5.91 Å². The summed E-state index contributed by atoms with van der Waals surface area (Å²) in [6, 6.07) is 17.2. The molecule has 0 fully saturated rings. The molecule has 0 unspecified atom stereocenters. The molecule has 0 saturated heterocycles. The Labute approximate surface area is 173 Å². The maximum atomic E-state index is 12.6. The van der Waals surface area contributed by atoms with Crippen molar-refractivity contribution in [2.24, 2.45) is 0 Å². The molecule has 1 heterocycles. The summed E-state index contributed by atoms with van der Waals surface area (Å²) in [6.07, 6.45) is 0.719. The van der Waals surface area contributed by atoms with Crippen LogP contribution in [0.2, 0.25) is 0 Å². The summed E-state index contributed by atoms with van der Waals surface area (Å²) in [7, 11) is 0. The Morgan fingerprint density at radius 2 is 1.90 bits per heavy atom. The third-order valence-corrected chi connectivity index (χ3v) is 4.83. The van der Waals surface area contributed by atoms with Gasteiger partial charge in [0.2, 0.25) is 0 Å². The lowest BCUT2D eigenvalue weighted by Crippen LogP contribution is -2.30. The van der Waals surface area contributed by atoms with Gasteiger partial charge in [0, 0.05) is 23.2 Å². The van der Waals surface area contributed by atoms with E-state index in [1.165, 1.54) is 18.3 Å². The van der Waals surface area contributed by atoms with E-state index in [4.69, 9.17) is 4.74 Å². The van der Waals surface area contributed by atoms with Gasteiger partial charge in [-0.15, -0.1) is 17.9 Å². The minimum atomic E-state index is -0.974. The first kappa shape index (κ1) is 20.3. The average molecular weight is 407 g/mol. The number of thiazole rings is 1. The van der Waals surface area contributed by atoms with Crippen LogP contribution in [0.1, 0.15) is 17.4 Å². The first-order valence-electron chi connectivity index (χ1n) is 9.05. The Kier molecular flexibility index (Phi) is 6.76. The summed E-state index contributed by atoms with van der Waals surface area (Å²) in [5, 5.41) is 8.02. The highest BCUT2D eigenvalue weighted by molar-refractivity contribution is 7.13. The fourth-order valence-electron chi connectivity index (χ4n) is 2.58. The molecule has 3 rings (SSSR count). The standard InChI is InChI=1S/C22H21N3O3S/c1-3-13-23-22-25-19(14-29-22)21(27)28-15(2)20(26)24-18-12-8-7-11-17(18)16-9-5-4-6-10-16/h3-12,14-15H,1,13H2,2H3,(H,23,25)(H,24,26)/t15-/m1/s1. The molecule has 0 radical (unpaired) electrons. The molecule has 1 atom stereocenters. The highest BCUT2D eigenvalue weighted by atomic mass is 32.1. The van der Waals surface area contributed by atoms with E-state index in [0.717, 1.165) is 11.1 Å². The number of para-hydroxylation sites is 1. The SMILES string of the molecule is C=CCNc1nc(C(=O)O[C@H](C)C(=O)Nc2ccccc2-c2ccccc2)cs1. The van der Waals surface area contributed by atoms with E-state index in [0.29, 0.717) is 17.4 Å². The molecule has 148 valence electrons. The molecule has 2 N–H and O–H groups in total. The van der Waals surface area contributed by atoms with Gasteiger partial charge in [-0.1, -0.05) is 54.6 Å². The zero-order valence-corrected chi connectivity index (χ0v) is 16.7. The van der Waals surface area contributed by atoms with Gasteiger partial charge >= 0.3 is 5.97 Å². The summed E-state index contributed by atoms with van der Waals surface area (Å²) in [6.45, 7) is 5.69. The van der Waals surface area contributed by atoms with Gasteiger partial charge in [0.15, 0.2) is 16.9 Å². The summed E-state index contributed by atoms with van der Waals surface area (Å²) in [5.74, 6) is -1.06. The van der Waals surface area contributed by atoms with Gasteiger partial charge in [0.1, 0.15) is 0 Å². The van der Waals surface area contributed by atoms with Crippen molar-refractivity contribution in [3.63, 3.8) is 0 Å². The van der Waals surface area contributed by atoms with E-state index in [-0.39, 0.29) is 5.69 Å². The molecule has 0 bridgehead atoms. The molecule has 0 aliphatic carbocycles. The van der Waals surface area contributed by atoms with Crippen molar-refractivity contribution in [2.45, 2.75) is 13.0 Å². The van der Waals surface area contributed by atoms with E-state index >= 15 is 0 Å². The summed E-state index contributed by atoms with van der Waals surface area (Å²) in [4.78, 5) is 29.0. The molecule has 0 spiro atoms. The Morgan fingerprint density at radius 3 is 2.66 bits per heavy atom. The van der Waals surface area contributed by atoms with Crippen LogP contribution >= 0.6 is 11.3 Å². The van der Waals surface area contributed by atoms with Crippen LogP contribution in [0.15, 0.2) is 72.6 Å². The van der Waals surface area contributed by atoms with E-state index in [1.54, 1.807) is 11.5 Å². The number of hydrogen-bond donors (Lipinski definition) is 2. The Morgan fingerprint density at radius 1 is 1.17 bits per heavy atom. The lowest BCUT2D eigenvalue weighted by Gasteiger charge is -2.15. The van der Waals surface area contributed by atoms with Crippen LogP contribution in [0.4, 0.5) is 10.8 Å². The number of rotatable bonds is 8. The number of nitrogens with one attached hydrogen (secondary N) is 2. The van der Waals surface area contributed by atoms with E-state index in [9.17, 15) is 9.59 Å². The summed E-state index contributed by atoms with van der Waals surface area (Å²) in [5.41, 5.74) is 2.68. The number of amides is 1. The second-order valence-corrected chi connectivity index (χ2v) is 7.01. The minimum absolute atomic E-state index is 0.158. The minimum Gasteiger partial charge on any atom is -0.448 e. The topological polar surface area (TPSA) is 80.3 Å². The van der Waals surface area contributed by atoms with Crippen LogP contribution in [0.25, 0.3) is 11.1 Å². The molecule has 0 aliphatic rings. The number of aromatic nitrogens is 1. The third-order valence-electron chi connectivity index (χ3n) is 4.03. The van der Waals surface area contributed by atoms with Crippen molar-refractivity contribution in [3.05, 3.63) is 78.3 Å². The number of esters is 1. The molecule has 29 heavy (non-hydrogen) atoms. The lowest BCUT2D eigenvalue weighted by molar-refractivity contribution is -0.123. The zero-order valence-electron chi connectivity index (χ0n) is 15.9. The Bertz CT molecular complexity index is 1000. The molecule has 6 nitrogen and oxygen atoms in total. The molecule has 0 saturated carbocycles. The number of hydrogen-bond acceptors (Lipinski definition) is 6. The van der Waals surface area contributed by atoms with Gasteiger partial charge in [-0.3, -0.25) is 4.79 Å². The van der Waals surface area contributed by atoms with Crippen LogP contribution in [0, 0.1) is 0 Å². The van der Waals surface area contributed by atoms with E-state index in [2.05, 4.69) is 22.2 Å². The maximum absolute atomic E-state index is 12.6. The van der Waals surface area contributed by atoms with Crippen molar-refractivity contribution in [1.29, 1.82) is 0 Å². The first-order valence-corrected chi connectivity index (χ1v) is 9.93. The highest BCUT2D eigenvalue weighted by Gasteiger charge is 2.21. The molecule has 7 heteroatoms. The van der Waals surface area contributed by atoms with Crippen molar-refractivity contribution in [2.75, 3.05) is 17.2 Å². The number of benzene rings is 2. The van der Waals surface area contributed by atoms with Gasteiger partial charge in [-0.2, -0.15) is 0 Å². The largest absolute Gasteiger partial charge is 0.448 e. The molecule has 3 aromatic rings. The number of carbonyl (C=O) groups is 2. The van der Waals surface area contributed by atoms with Crippen molar-refractivity contribution in [3.8, 4) is 11.1 Å². The zero-order chi connectivity index (χ0) is 20.6.